The van der Waals surface area contributed by atoms with Gasteiger partial charge in [-0.15, -0.1) is 0 Å². The number of methoxy groups -OCH3 is 1. The quantitative estimate of drug-likeness (QED) is 0.886. The summed E-state index contributed by atoms with van der Waals surface area (Å²) in [6.07, 6.45) is 0.747. The number of aromatic nitrogens is 2. The molecule has 2 heterocycles. The Labute approximate surface area is 116 Å². The van der Waals surface area contributed by atoms with E-state index in [9.17, 15) is 10.1 Å². The maximum atomic E-state index is 12.3. The molecule has 0 aromatic carbocycles. The molecular formula is C13H16N4O3. The van der Waals surface area contributed by atoms with Gasteiger partial charge in [-0.05, 0) is 19.8 Å². The maximum Gasteiger partial charge on any atom is 0.247 e. The molecule has 0 atom stereocenters. The molecule has 1 aromatic heterocycles. The van der Waals surface area contributed by atoms with Gasteiger partial charge in [-0.3, -0.25) is 10.1 Å². The number of hydrogen-bond acceptors (Lipinski definition) is 6. The van der Waals surface area contributed by atoms with Crippen molar-refractivity contribution < 1.29 is 14.3 Å². The van der Waals surface area contributed by atoms with E-state index in [0.29, 0.717) is 37.6 Å². The molecular weight excluding hydrogens is 260 g/mol. The van der Waals surface area contributed by atoms with Crippen molar-refractivity contribution in [2.75, 3.05) is 25.6 Å². The van der Waals surface area contributed by atoms with Gasteiger partial charge in [0.05, 0.1) is 13.2 Å². The Morgan fingerprint density at radius 3 is 2.80 bits per heavy atom. The van der Waals surface area contributed by atoms with Crippen molar-refractivity contribution in [3.8, 4) is 11.9 Å². The molecule has 1 aromatic rings. The van der Waals surface area contributed by atoms with Crippen molar-refractivity contribution >= 4 is 11.9 Å². The number of hydrogen-bond donors (Lipinski definition) is 1. The van der Waals surface area contributed by atoms with Gasteiger partial charge < -0.3 is 9.47 Å². The lowest BCUT2D eigenvalue weighted by molar-refractivity contribution is -0.126. The van der Waals surface area contributed by atoms with E-state index in [-0.39, 0.29) is 5.95 Å². The molecule has 106 valence electrons. The predicted octanol–water partition coefficient (Wildman–Crippen LogP) is 1.05. The van der Waals surface area contributed by atoms with Crippen molar-refractivity contribution in [2.45, 2.75) is 19.8 Å². The first-order chi connectivity index (χ1) is 9.59. The van der Waals surface area contributed by atoms with Gasteiger partial charge in [0.2, 0.25) is 17.7 Å². The normalized spacial score (nSPS) is 17.1. The Balaban J connectivity index is 2.18. The molecule has 1 fully saturated rings. The summed E-state index contributed by atoms with van der Waals surface area (Å²) in [6, 6.07) is 3.76. The number of nitrogens with one attached hydrogen (secondary N) is 1. The van der Waals surface area contributed by atoms with E-state index in [4.69, 9.17) is 9.47 Å². The highest BCUT2D eigenvalue weighted by Gasteiger charge is 2.40. The van der Waals surface area contributed by atoms with Crippen LogP contribution in [-0.4, -0.2) is 36.2 Å². The zero-order valence-electron chi connectivity index (χ0n) is 11.5. The molecule has 1 aliphatic rings. The lowest BCUT2D eigenvalue weighted by Crippen LogP contribution is -2.40. The zero-order chi connectivity index (χ0) is 14.6. The largest absolute Gasteiger partial charge is 0.481 e. The number of carbonyl (C=O) groups excluding carboxylic acids is 1. The van der Waals surface area contributed by atoms with Gasteiger partial charge in [-0.2, -0.15) is 10.2 Å². The summed E-state index contributed by atoms with van der Waals surface area (Å²) in [6.45, 7) is 2.58. The van der Waals surface area contributed by atoms with Crippen molar-refractivity contribution in [1.82, 2.24) is 9.97 Å². The van der Waals surface area contributed by atoms with Gasteiger partial charge >= 0.3 is 0 Å². The average Bonchev–Trinajstić information content (AvgIpc) is 2.47. The SMILES string of the molecule is COc1cc(C)nc(NC(=O)C2(C#N)CCOCC2)n1. The first kappa shape index (κ1) is 14.2. The van der Waals surface area contributed by atoms with Gasteiger partial charge in [-0.25, -0.2) is 4.98 Å². The number of carbonyl (C=O) groups is 1. The molecule has 1 N–H and O–H groups in total. The van der Waals surface area contributed by atoms with Gasteiger partial charge in [0.1, 0.15) is 5.41 Å². The third kappa shape index (κ3) is 2.86. The molecule has 20 heavy (non-hydrogen) atoms. The van der Waals surface area contributed by atoms with Crippen LogP contribution in [0.3, 0.4) is 0 Å². The summed E-state index contributed by atoms with van der Waals surface area (Å²) < 4.78 is 10.2. The number of amides is 1. The molecule has 7 nitrogen and oxygen atoms in total. The lowest BCUT2D eigenvalue weighted by atomic mass is 9.81. The Kier molecular flexibility index (Phi) is 4.15. The topological polar surface area (TPSA) is 97.1 Å². The number of anilines is 1. The van der Waals surface area contributed by atoms with Gasteiger partial charge in [0.15, 0.2) is 0 Å². The van der Waals surface area contributed by atoms with Gasteiger partial charge in [0, 0.05) is 25.0 Å². The second kappa shape index (κ2) is 5.84. The summed E-state index contributed by atoms with van der Waals surface area (Å²) in [4.78, 5) is 20.5. The summed E-state index contributed by atoms with van der Waals surface area (Å²) >= 11 is 0. The molecule has 0 spiro atoms. The summed E-state index contributed by atoms with van der Waals surface area (Å²) in [5, 5.41) is 11.9. The minimum Gasteiger partial charge on any atom is -0.481 e. The van der Waals surface area contributed by atoms with E-state index in [0.717, 1.165) is 0 Å². The van der Waals surface area contributed by atoms with Crippen LogP contribution in [0.15, 0.2) is 6.07 Å². The van der Waals surface area contributed by atoms with E-state index >= 15 is 0 Å². The van der Waals surface area contributed by atoms with E-state index in [1.54, 1.807) is 13.0 Å². The monoisotopic (exact) mass is 276 g/mol. The lowest BCUT2D eigenvalue weighted by Gasteiger charge is -2.28. The Morgan fingerprint density at radius 2 is 2.20 bits per heavy atom. The molecule has 0 radical (unpaired) electrons. The van der Waals surface area contributed by atoms with Crippen LogP contribution >= 0.6 is 0 Å². The molecule has 1 saturated heterocycles. The van der Waals surface area contributed by atoms with Crippen molar-refractivity contribution in [2.24, 2.45) is 5.41 Å². The number of aryl methyl sites for hydroxylation is 1. The molecule has 0 unspecified atom stereocenters. The van der Waals surface area contributed by atoms with Crippen LogP contribution in [-0.2, 0) is 9.53 Å². The summed E-state index contributed by atoms with van der Waals surface area (Å²) in [7, 11) is 1.49. The fourth-order valence-electron chi connectivity index (χ4n) is 2.03. The molecule has 0 saturated carbocycles. The number of nitriles is 1. The van der Waals surface area contributed by atoms with Crippen molar-refractivity contribution in [3.05, 3.63) is 11.8 Å². The summed E-state index contributed by atoms with van der Waals surface area (Å²) in [5.74, 6) is 0.120. The molecule has 1 aliphatic heterocycles. The molecule has 1 amide bonds. The Morgan fingerprint density at radius 1 is 1.50 bits per heavy atom. The zero-order valence-corrected chi connectivity index (χ0v) is 11.5. The van der Waals surface area contributed by atoms with E-state index < -0.39 is 11.3 Å². The Bertz CT molecular complexity index is 547. The van der Waals surface area contributed by atoms with Crippen LogP contribution < -0.4 is 10.1 Å². The first-order valence-electron chi connectivity index (χ1n) is 6.30. The maximum absolute atomic E-state index is 12.3. The minimum atomic E-state index is -1.07. The summed E-state index contributed by atoms with van der Waals surface area (Å²) in [5.41, 5.74) is -0.399. The van der Waals surface area contributed by atoms with Crippen LogP contribution in [0, 0.1) is 23.7 Å². The Hall–Kier alpha value is -2.20. The first-order valence-corrected chi connectivity index (χ1v) is 6.30. The van der Waals surface area contributed by atoms with Gasteiger partial charge in [-0.1, -0.05) is 0 Å². The van der Waals surface area contributed by atoms with E-state index in [2.05, 4.69) is 21.4 Å². The van der Waals surface area contributed by atoms with Crippen LogP contribution in [0.1, 0.15) is 18.5 Å². The minimum absolute atomic E-state index is 0.146. The van der Waals surface area contributed by atoms with Crippen molar-refractivity contribution in [3.63, 3.8) is 0 Å². The number of ether oxygens (including phenoxy) is 2. The third-order valence-electron chi connectivity index (χ3n) is 3.26. The number of rotatable bonds is 3. The van der Waals surface area contributed by atoms with Crippen LogP contribution in [0.5, 0.6) is 5.88 Å². The third-order valence-corrected chi connectivity index (χ3v) is 3.26. The van der Waals surface area contributed by atoms with Gasteiger partial charge in [0.25, 0.3) is 0 Å². The van der Waals surface area contributed by atoms with E-state index in [1.807, 2.05) is 0 Å². The molecule has 7 heteroatoms. The average molecular weight is 276 g/mol. The molecule has 0 aliphatic carbocycles. The standard InChI is InChI=1S/C13H16N4O3/c1-9-7-10(19-2)16-12(15-9)17-11(18)13(8-14)3-5-20-6-4-13/h7H,3-6H2,1-2H3,(H,15,16,17,18). The molecule has 2 rings (SSSR count). The van der Waals surface area contributed by atoms with Crippen LogP contribution in [0.2, 0.25) is 0 Å². The second-order valence-electron chi connectivity index (χ2n) is 4.64. The second-order valence-corrected chi connectivity index (χ2v) is 4.64. The number of nitrogens with zero attached hydrogens (tertiary/aromatic N) is 3. The highest BCUT2D eigenvalue weighted by atomic mass is 16.5. The highest BCUT2D eigenvalue weighted by molar-refractivity contribution is 5.96. The fourth-order valence-corrected chi connectivity index (χ4v) is 2.03. The van der Waals surface area contributed by atoms with Crippen LogP contribution in [0.4, 0.5) is 5.95 Å². The fraction of sp³-hybridized carbons (Fsp3) is 0.538. The smallest absolute Gasteiger partial charge is 0.247 e. The molecule has 0 bridgehead atoms. The predicted molar refractivity (Wildman–Crippen MR) is 70.0 cm³/mol. The van der Waals surface area contributed by atoms with Crippen molar-refractivity contribution in [1.29, 1.82) is 5.26 Å². The van der Waals surface area contributed by atoms with E-state index in [1.165, 1.54) is 7.11 Å². The van der Waals surface area contributed by atoms with Crippen LogP contribution in [0.25, 0.3) is 0 Å². The highest BCUT2D eigenvalue weighted by Crippen LogP contribution is 2.31.